The molecule has 0 aromatic rings. The first kappa shape index (κ1) is 11.0. The van der Waals surface area contributed by atoms with Crippen molar-refractivity contribution in [2.75, 3.05) is 39.3 Å². The molecule has 1 fully saturated rings. The predicted octanol–water partition coefficient (Wildman–Crippen LogP) is 0.300. The lowest BCUT2D eigenvalue weighted by Gasteiger charge is -2.31. The summed E-state index contributed by atoms with van der Waals surface area (Å²) in [4.78, 5) is 2.35. The summed E-state index contributed by atoms with van der Waals surface area (Å²) in [6.45, 7) is 7.89. The van der Waals surface area contributed by atoms with Crippen LogP contribution in [-0.4, -0.2) is 49.3 Å². The second kappa shape index (κ2) is 6.35. The summed E-state index contributed by atoms with van der Waals surface area (Å²) in [6.07, 6.45) is 2.57. The molecule has 0 aliphatic carbocycles. The summed E-state index contributed by atoms with van der Waals surface area (Å²) in [6, 6.07) is 0. The monoisotopic (exact) mass is 186 g/mol. The largest absolute Gasteiger partial charge is 0.395 e. The van der Waals surface area contributed by atoms with E-state index in [4.69, 9.17) is 5.11 Å². The topological polar surface area (TPSA) is 35.5 Å². The molecule has 1 aliphatic heterocycles. The molecule has 1 saturated heterocycles. The van der Waals surface area contributed by atoms with Crippen molar-refractivity contribution < 1.29 is 5.11 Å². The van der Waals surface area contributed by atoms with E-state index in [-0.39, 0.29) is 0 Å². The predicted molar refractivity (Wildman–Crippen MR) is 54.8 cm³/mol. The van der Waals surface area contributed by atoms with Gasteiger partial charge < -0.3 is 15.3 Å². The van der Waals surface area contributed by atoms with Crippen LogP contribution in [0.2, 0.25) is 0 Å². The molecule has 13 heavy (non-hydrogen) atoms. The smallest absolute Gasteiger partial charge is 0.0558 e. The molecule has 0 aromatic heterocycles. The molecule has 0 bridgehead atoms. The van der Waals surface area contributed by atoms with E-state index >= 15 is 0 Å². The highest BCUT2D eigenvalue weighted by atomic mass is 16.3. The van der Waals surface area contributed by atoms with Gasteiger partial charge in [-0.05, 0) is 44.9 Å². The first-order valence-corrected chi connectivity index (χ1v) is 5.40. The van der Waals surface area contributed by atoms with E-state index in [9.17, 15) is 0 Å². The quantitative estimate of drug-likeness (QED) is 0.648. The molecular weight excluding hydrogens is 164 g/mol. The van der Waals surface area contributed by atoms with Crippen LogP contribution in [-0.2, 0) is 0 Å². The van der Waals surface area contributed by atoms with E-state index < -0.39 is 0 Å². The van der Waals surface area contributed by atoms with E-state index in [0.717, 1.165) is 32.1 Å². The molecule has 0 unspecified atom stereocenters. The third kappa shape index (κ3) is 4.07. The number of nitrogens with one attached hydrogen (secondary N) is 1. The van der Waals surface area contributed by atoms with Crippen molar-refractivity contribution in [2.45, 2.75) is 19.8 Å². The van der Waals surface area contributed by atoms with Crippen molar-refractivity contribution in [2.24, 2.45) is 5.92 Å². The SMILES string of the molecule is CCNCC1CCN(CCO)CC1. The summed E-state index contributed by atoms with van der Waals surface area (Å²) >= 11 is 0. The van der Waals surface area contributed by atoms with Gasteiger partial charge in [0.1, 0.15) is 0 Å². The Labute approximate surface area is 81.1 Å². The molecule has 1 aliphatic rings. The van der Waals surface area contributed by atoms with Crippen LogP contribution in [0.4, 0.5) is 0 Å². The van der Waals surface area contributed by atoms with Gasteiger partial charge in [0.2, 0.25) is 0 Å². The maximum Gasteiger partial charge on any atom is 0.0558 e. The summed E-state index contributed by atoms with van der Waals surface area (Å²) in [7, 11) is 0. The molecule has 2 N–H and O–H groups in total. The van der Waals surface area contributed by atoms with Gasteiger partial charge in [-0.25, -0.2) is 0 Å². The summed E-state index contributed by atoms with van der Waals surface area (Å²) in [5, 5.41) is 12.2. The molecule has 0 atom stereocenters. The third-order valence-corrected chi connectivity index (χ3v) is 2.81. The molecule has 3 heteroatoms. The van der Waals surface area contributed by atoms with Crippen LogP contribution >= 0.6 is 0 Å². The molecule has 0 amide bonds. The number of hydrogen-bond acceptors (Lipinski definition) is 3. The lowest BCUT2D eigenvalue weighted by Crippen LogP contribution is -2.38. The average molecular weight is 186 g/mol. The van der Waals surface area contributed by atoms with Gasteiger partial charge >= 0.3 is 0 Å². The average Bonchev–Trinajstić information content (AvgIpc) is 2.17. The minimum absolute atomic E-state index is 0.303. The zero-order valence-corrected chi connectivity index (χ0v) is 8.63. The molecular formula is C10H22N2O. The first-order chi connectivity index (χ1) is 6.36. The highest BCUT2D eigenvalue weighted by molar-refractivity contribution is 4.73. The number of rotatable bonds is 5. The normalized spacial score (nSPS) is 20.8. The first-order valence-electron chi connectivity index (χ1n) is 5.40. The Morgan fingerprint density at radius 2 is 2.08 bits per heavy atom. The fourth-order valence-electron chi connectivity index (χ4n) is 1.90. The Morgan fingerprint density at radius 3 is 2.62 bits per heavy atom. The standard InChI is InChI=1S/C10H22N2O/c1-2-11-9-10-3-5-12(6-4-10)7-8-13/h10-11,13H,2-9H2,1H3. The van der Waals surface area contributed by atoms with Gasteiger partial charge in [0.25, 0.3) is 0 Å². The second-order valence-electron chi connectivity index (χ2n) is 3.82. The van der Waals surface area contributed by atoms with Gasteiger partial charge in [0.05, 0.1) is 6.61 Å². The van der Waals surface area contributed by atoms with Crippen LogP contribution in [0.3, 0.4) is 0 Å². The van der Waals surface area contributed by atoms with E-state index in [2.05, 4.69) is 17.1 Å². The number of aliphatic hydroxyl groups is 1. The molecule has 3 nitrogen and oxygen atoms in total. The number of β-amino-alcohol motifs (C(OH)–C–C–N with tert-alkyl or cyclic N) is 1. The summed E-state index contributed by atoms with van der Waals surface area (Å²) in [5.74, 6) is 0.856. The highest BCUT2D eigenvalue weighted by Crippen LogP contribution is 2.15. The van der Waals surface area contributed by atoms with Crippen LogP contribution in [0.25, 0.3) is 0 Å². The number of aliphatic hydroxyl groups excluding tert-OH is 1. The van der Waals surface area contributed by atoms with E-state index in [1.54, 1.807) is 0 Å². The lowest BCUT2D eigenvalue weighted by atomic mass is 9.97. The minimum atomic E-state index is 0.303. The van der Waals surface area contributed by atoms with Gasteiger partial charge in [0, 0.05) is 6.54 Å². The molecule has 0 saturated carbocycles. The Hall–Kier alpha value is -0.120. The molecule has 0 aromatic carbocycles. The summed E-state index contributed by atoms with van der Waals surface area (Å²) in [5.41, 5.74) is 0. The number of hydrogen-bond donors (Lipinski definition) is 2. The third-order valence-electron chi connectivity index (χ3n) is 2.81. The fourth-order valence-corrected chi connectivity index (χ4v) is 1.90. The molecule has 1 heterocycles. The highest BCUT2D eigenvalue weighted by Gasteiger charge is 2.17. The van der Waals surface area contributed by atoms with Gasteiger partial charge in [-0.2, -0.15) is 0 Å². The Kier molecular flexibility index (Phi) is 5.35. The second-order valence-corrected chi connectivity index (χ2v) is 3.82. The molecule has 78 valence electrons. The van der Waals surface area contributed by atoms with Crippen molar-refractivity contribution in [3.05, 3.63) is 0 Å². The van der Waals surface area contributed by atoms with Crippen molar-refractivity contribution in [3.63, 3.8) is 0 Å². The van der Waals surface area contributed by atoms with Gasteiger partial charge in [-0.15, -0.1) is 0 Å². The Morgan fingerprint density at radius 1 is 1.38 bits per heavy atom. The lowest BCUT2D eigenvalue weighted by molar-refractivity contribution is 0.147. The van der Waals surface area contributed by atoms with E-state index in [1.807, 2.05) is 0 Å². The fraction of sp³-hybridized carbons (Fsp3) is 1.00. The van der Waals surface area contributed by atoms with Crippen molar-refractivity contribution in [1.82, 2.24) is 10.2 Å². The Balaban J connectivity index is 2.08. The minimum Gasteiger partial charge on any atom is -0.395 e. The number of piperidine rings is 1. The molecule has 0 spiro atoms. The van der Waals surface area contributed by atoms with Crippen molar-refractivity contribution in [3.8, 4) is 0 Å². The van der Waals surface area contributed by atoms with Crippen LogP contribution < -0.4 is 5.32 Å². The van der Waals surface area contributed by atoms with Gasteiger partial charge in [-0.1, -0.05) is 6.92 Å². The number of nitrogens with zero attached hydrogens (tertiary/aromatic N) is 1. The zero-order valence-electron chi connectivity index (χ0n) is 8.63. The van der Waals surface area contributed by atoms with Crippen LogP contribution in [0, 0.1) is 5.92 Å². The zero-order chi connectivity index (χ0) is 9.52. The maximum atomic E-state index is 8.77. The molecule has 1 rings (SSSR count). The van der Waals surface area contributed by atoms with Crippen molar-refractivity contribution >= 4 is 0 Å². The van der Waals surface area contributed by atoms with Gasteiger partial charge in [-0.3, -0.25) is 0 Å². The molecule has 0 radical (unpaired) electrons. The van der Waals surface area contributed by atoms with Crippen LogP contribution in [0.15, 0.2) is 0 Å². The van der Waals surface area contributed by atoms with Gasteiger partial charge in [0.15, 0.2) is 0 Å². The van der Waals surface area contributed by atoms with E-state index in [1.165, 1.54) is 19.4 Å². The number of likely N-dealkylation sites (tertiary alicyclic amines) is 1. The van der Waals surface area contributed by atoms with E-state index in [0.29, 0.717) is 6.61 Å². The summed E-state index contributed by atoms with van der Waals surface area (Å²) < 4.78 is 0. The Bertz CT molecular complexity index is 122. The van der Waals surface area contributed by atoms with Crippen LogP contribution in [0.1, 0.15) is 19.8 Å². The maximum absolute atomic E-state index is 8.77. The van der Waals surface area contributed by atoms with Crippen molar-refractivity contribution in [1.29, 1.82) is 0 Å². The van der Waals surface area contributed by atoms with Crippen LogP contribution in [0.5, 0.6) is 0 Å².